The molecule has 1 fully saturated rings. The number of pyridine rings is 2. The van der Waals surface area contributed by atoms with E-state index >= 15 is 0 Å². The molecule has 0 saturated heterocycles. The largest absolute Gasteiger partial charge is 0.501 e. The second-order valence-corrected chi connectivity index (χ2v) is 20.2. The third kappa shape index (κ3) is 9.33. The molecule has 0 bridgehead atoms. The van der Waals surface area contributed by atoms with Crippen LogP contribution in [0, 0.1) is 24.0 Å². The zero-order valence-corrected chi connectivity index (χ0v) is 34.7. The molecule has 1 radical (unpaired) electrons. The van der Waals surface area contributed by atoms with Crippen molar-refractivity contribution in [2.24, 2.45) is 11.8 Å². The van der Waals surface area contributed by atoms with Crippen molar-refractivity contribution in [3.63, 3.8) is 0 Å². The zero-order chi connectivity index (χ0) is 39.7. The van der Waals surface area contributed by atoms with Crippen molar-refractivity contribution < 1.29 is 30.0 Å². The van der Waals surface area contributed by atoms with E-state index < -0.39 is 20.8 Å². The molecular weight excluding hydrogens is 841 g/mol. The van der Waals surface area contributed by atoms with Gasteiger partial charge in [-0.3, -0.25) is 0 Å². The minimum Gasteiger partial charge on any atom is -0.501 e. The van der Waals surface area contributed by atoms with Gasteiger partial charge in [0.2, 0.25) is 0 Å². The standard InChI is InChI=1S/C30H26NO.C18H24NSi.Ir/c1-3-8-21(9-4-1)18-22-16-17-31-28(19-22)27-13-7-12-26-25-15-14-24(20-29(25)32-30(26)27)23-10-5-2-6-11-23;1-14(2)11-16-12-17(15-9-7-6-8-10-15)19-13-18(16)20(3,4)5;/h2,5-7,10-12,14-17,19-21H,1,3-4,8-9,18H2;6-9,12-14H,11H2,1-5H3;/q2*-1;/i18D2;11D2;. The van der Waals surface area contributed by atoms with Crippen molar-refractivity contribution in [3.05, 3.63) is 139 Å². The van der Waals surface area contributed by atoms with E-state index in [0.29, 0.717) is 11.3 Å². The van der Waals surface area contributed by atoms with Gasteiger partial charge in [-0.1, -0.05) is 142 Å². The van der Waals surface area contributed by atoms with Gasteiger partial charge in [0.25, 0.3) is 0 Å². The summed E-state index contributed by atoms with van der Waals surface area (Å²) in [5.74, 6) is -0.0310. The van der Waals surface area contributed by atoms with Crippen LogP contribution in [-0.4, -0.2) is 18.0 Å². The first-order valence-corrected chi connectivity index (χ1v) is 22.1. The van der Waals surface area contributed by atoms with Gasteiger partial charge in [0.15, 0.2) is 0 Å². The molecule has 0 N–H and O–H groups in total. The van der Waals surface area contributed by atoms with E-state index in [1.165, 1.54) is 6.42 Å². The van der Waals surface area contributed by atoms with Gasteiger partial charge in [0.05, 0.1) is 13.7 Å². The van der Waals surface area contributed by atoms with Crippen LogP contribution in [0.5, 0.6) is 0 Å². The Bertz CT molecular complexity index is 2440. The molecule has 0 atom stereocenters. The normalized spacial score (nSPS) is 15.1. The van der Waals surface area contributed by atoms with Gasteiger partial charge in [-0.2, -0.15) is 0 Å². The van der Waals surface area contributed by atoms with Gasteiger partial charge in [-0.05, 0) is 64.4 Å². The van der Waals surface area contributed by atoms with Crippen LogP contribution in [0.15, 0.2) is 120 Å². The van der Waals surface area contributed by atoms with Crippen LogP contribution < -0.4 is 5.19 Å². The van der Waals surface area contributed by atoms with Gasteiger partial charge in [-0.25, -0.2) is 0 Å². The molecule has 273 valence electrons. The van der Waals surface area contributed by atoms with Crippen LogP contribution in [0.3, 0.4) is 0 Å². The van der Waals surface area contributed by atoms with Crippen LogP contribution in [0.25, 0.3) is 55.6 Å². The Hall–Kier alpha value is -4.15. The van der Waals surface area contributed by atoms with Crippen molar-refractivity contribution in [2.75, 3.05) is 0 Å². The minimum atomic E-state index is -1.67. The number of fused-ring (bicyclic) bond motifs is 3. The van der Waals surface area contributed by atoms with E-state index in [0.717, 1.165) is 86.3 Å². The smallest absolute Gasteiger partial charge is 0.121 e. The fourth-order valence-corrected chi connectivity index (χ4v) is 8.47. The predicted octanol–water partition coefficient (Wildman–Crippen LogP) is 12.5. The molecule has 5 heteroatoms. The molecule has 4 aromatic carbocycles. The predicted molar refractivity (Wildman–Crippen MR) is 222 cm³/mol. The summed E-state index contributed by atoms with van der Waals surface area (Å²) >= 11 is 0. The molecule has 0 aliphatic heterocycles. The number of benzene rings is 4. The Morgan fingerprint density at radius 1 is 0.792 bits per heavy atom. The van der Waals surface area contributed by atoms with Gasteiger partial charge >= 0.3 is 0 Å². The molecule has 3 aromatic heterocycles. The molecule has 1 aliphatic rings. The average Bonchev–Trinajstić information content (AvgIpc) is 3.60. The molecule has 53 heavy (non-hydrogen) atoms. The van der Waals surface area contributed by atoms with Crippen molar-refractivity contribution >= 4 is 35.2 Å². The number of hydrogen-bond acceptors (Lipinski definition) is 3. The number of rotatable bonds is 8. The van der Waals surface area contributed by atoms with Gasteiger partial charge < -0.3 is 14.4 Å². The van der Waals surface area contributed by atoms with E-state index in [2.05, 4.69) is 72.1 Å². The second kappa shape index (κ2) is 17.3. The number of furan rings is 1. The van der Waals surface area contributed by atoms with Gasteiger partial charge in [0, 0.05) is 43.4 Å². The van der Waals surface area contributed by atoms with Crippen LogP contribution in [0.1, 0.15) is 62.6 Å². The summed E-state index contributed by atoms with van der Waals surface area (Å²) in [5.41, 5.74) is 8.49. The van der Waals surface area contributed by atoms with Crippen LogP contribution >= 0.6 is 0 Å². The first-order valence-electron chi connectivity index (χ1n) is 20.6. The molecule has 8 rings (SSSR count). The van der Waals surface area contributed by atoms with Crippen molar-refractivity contribution in [1.29, 1.82) is 0 Å². The Morgan fingerprint density at radius 2 is 1.58 bits per heavy atom. The van der Waals surface area contributed by atoms with Crippen molar-refractivity contribution in [1.82, 2.24) is 9.97 Å². The summed E-state index contributed by atoms with van der Waals surface area (Å²) in [7, 11) is -1.67. The van der Waals surface area contributed by atoms with Crippen molar-refractivity contribution in [2.45, 2.75) is 78.3 Å². The average molecular weight is 895 g/mol. The van der Waals surface area contributed by atoms with E-state index in [9.17, 15) is 0 Å². The first kappa shape index (κ1) is 33.4. The topological polar surface area (TPSA) is 38.9 Å². The third-order valence-corrected chi connectivity index (χ3v) is 11.7. The maximum Gasteiger partial charge on any atom is 0.121 e. The molecule has 7 aromatic rings. The molecule has 0 spiro atoms. The minimum absolute atomic E-state index is 0. The monoisotopic (exact) mass is 895 g/mol. The van der Waals surface area contributed by atoms with Crippen molar-refractivity contribution in [3.8, 4) is 33.6 Å². The summed E-state index contributed by atoms with van der Waals surface area (Å²) in [6.45, 7) is 10.6. The van der Waals surface area contributed by atoms with Crippen LogP contribution in [0.2, 0.25) is 19.6 Å². The van der Waals surface area contributed by atoms with E-state index in [1.54, 1.807) is 6.20 Å². The maximum atomic E-state index is 8.88. The molecule has 1 saturated carbocycles. The molecule has 3 nitrogen and oxygen atoms in total. The van der Waals surface area contributed by atoms with Gasteiger partial charge in [0.1, 0.15) is 5.58 Å². The summed E-state index contributed by atoms with van der Waals surface area (Å²) in [5, 5.41) is 3.18. The fourth-order valence-electron chi connectivity index (χ4n) is 7.07. The Balaban J connectivity index is 0.000000208. The Morgan fingerprint density at radius 3 is 2.32 bits per heavy atom. The summed E-state index contributed by atoms with van der Waals surface area (Å²) in [6, 6.07) is 40.4. The summed E-state index contributed by atoms with van der Waals surface area (Å²) in [6.07, 6.45) is 6.19. The van der Waals surface area contributed by atoms with Crippen LogP contribution in [-0.2, 0) is 32.9 Å². The van der Waals surface area contributed by atoms with E-state index in [-0.39, 0.29) is 31.9 Å². The maximum absolute atomic E-state index is 8.88. The van der Waals surface area contributed by atoms with Crippen LogP contribution in [0.4, 0.5) is 0 Å². The van der Waals surface area contributed by atoms with Gasteiger partial charge in [-0.15, -0.1) is 54.1 Å². The first-order chi connectivity index (χ1) is 26.7. The Kier molecular flexibility index (Phi) is 10.9. The quantitative estimate of drug-likeness (QED) is 0.113. The Labute approximate surface area is 336 Å². The molecule has 3 heterocycles. The summed E-state index contributed by atoms with van der Waals surface area (Å²) < 4.78 is 41.2. The van der Waals surface area contributed by atoms with E-state index in [4.69, 9.17) is 9.90 Å². The number of hydrogen-bond donors (Lipinski definition) is 0. The SMILES string of the molecule is [2H]C([2H])(c1cc(-c2[c-]cccc2)ncc1[Si](C)(C)C)C(C)C.[2H]C([2H])(c1ccnc(-c2[c-]ccc3c2oc2cc(-c4ccccc4)ccc23)c1)C1CCCCC1.[Ir]. The third-order valence-electron chi connectivity index (χ3n) is 9.67. The second-order valence-electron chi connectivity index (χ2n) is 15.1. The molecule has 0 unspecified atom stereocenters. The number of nitrogens with zero attached hydrogens (tertiary/aromatic N) is 2. The molecule has 0 amide bonds. The zero-order valence-electron chi connectivity index (χ0n) is 35.3. The fraction of sp³-hybridized carbons (Fsp3) is 0.292. The number of aromatic nitrogens is 2. The molecular formula is C48H50IrN2OSi-2. The molecule has 1 aliphatic carbocycles. The summed E-state index contributed by atoms with van der Waals surface area (Å²) in [4.78, 5) is 9.18. The van der Waals surface area contributed by atoms with E-state index in [1.807, 2.05) is 92.8 Å².